The van der Waals surface area contributed by atoms with Gasteiger partial charge in [0.05, 0.1) is 38.9 Å². The van der Waals surface area contributed by atoms with Gasteiger partial charge in [-0.2, -0.15) is 0 Å². The summed E-state index contributed by atoms with van der Waals surface area (Å²) in [6.07, 6.45) is -0.474. The maximum atomic E-state index is 11.6. The first-order valence-corrected chi connectivity index (χ1v) is 8.43. The molecule has 0 bridgehead atoms. The normalized spacial score (nSPS) is 21.8. The summed E-state index contributed by atoms with van der Waals surface area (Å²) < 4.78 is 38.9. The molecule has 0 aliphatic carbocycles. The fourth-order valence-corrected chi connectivity index (χ4v) is 4.51. The molecule has 2 unspecified atom stereocenters. The molecule has 1 fully saturated rings. The number of hydrogen-bond donors (Lipinski definition) is 1. The molecule has 1 aromatic rings. The zero-order valence-electron chi connectivity index (χ0n) is 12.3. The average molecular weight is 316 g/mol. The van der Waals surface area contributed by atoms with Crippen LogP contribution in [0.4, 0.5) is 0 Å². The predicted octanol–water partition coefficient (Wildman–Crippen LogP) is 1.18. The molecular weight excluding hydrogens is 296 g/mol. The number of hydrogen-bond acceptors (Lipinski definition) is 6. The molecule has 0 amide bonds. The fraction of sp³-hybridized carbons (Fsp3) is 0.571. The van der Waals surface area contributed by atoms with Crippen molar-refractivity contribution in [2.24, 2.45) is 5.92 Å². The van der Waals surface area contributed by atoms with Gasteiger partial charge in [-0.25, -0.2) is 8.42 Å². The van der Waals surface area contributed by atoms with E-state index in [4.69, 9.17) is 14.2 Å². The summed E-state index contributed by atoms with van der Waals surface area (Å²) in [7, 11) is 1.41. The molecule has 1 aliphatic heterocycles. The molecule has 2 atom stereocenters. The van der Waals surface area contributed by atoms with Gasteiger partial charge in [-0.05, 0) is 18.6 Å². The molecular formula is C14H20O6S. The highest BCUT2D eigenvalue weighted by Crippen LogP contribution is 2.44. The Balaban J connectivity index is 2.39. The van der Waals surface area contributed by atoms with Crippen molar-refractivity contribution in [3.05, 3.63) is 17.7 Å². The smallest absolute Gasteiger partial charge is 0.203 e. The topological polar surface area (TPSA) is 82.1 Å². The van der Waals surface area contributed by atoms with Gasteiger partial charge in [0.2, 0.25) is 5.75 Å². The van der Waals surface area contributed by atoms with Gasteiger partial charge in [0, 0.05) is 11.5 Å². The number of methoxy groups -OCH3 is 3. The second-order valence-electron chi connectivity index (χ2n) is 5.03. The Morgan fingerprint density at radius 3 is 2.29 bits per heavy atom. The van der Waals surface area contributed by atoms with Crippen LogP contribution in [0.25, 0.3) is 0 Å². The number of rotatable bonds is 5. The third-order valence-electron chi connectivity index (χ3n) is 3.77. The highest BCUT2D eigenvalue weighted by Gasteiger charge is 2.35. The predicted molar refractivity (Wildman–Crippen MR) is 77.8 cm³/mol. The Hall–Kier alpha value is -1.47. The van der Waals surface area contributed by atoms with Gasteiger partial charge >= 0.3 is 0 Å². The summed E-state index contributed by atoms with van der Waals surface area (Å²) in [6.45, 7) is 0. The SMILES string of the molecule is COc1ccc(C(O)C2CCS(=O)(=O)C2)c(OC)c1OC. The number of ether oxygens (including phenoxy) is 3. The van der Waals surface area contributed by atoms with Crippen LogP contribution in [-0.4, -0.2) is 46.4 Å². The third-order valence-corrected chi connectivity index (χ3v) is 5.56. The van der Waals surface area contributed by atoms with Crippen LogP contribution < -0.4 is 14.2 Å². The standard InChI is InChI=1S/C14H20O6S/c1-18-11-5-4-10(13(19-2)14(11)20-3)12(15)9-6-7-21(16,17)8-9/h4-5,9,12,15H,6-8H2,1-3H3. The molecule has 1 aromatic carbocycles. The number of aliphatic hydroxyl groups excluding tert-OH is 1. The molecule has 118 valence electrons. The molecule has 7 heteroatoms. The molecule has 2 rings (SSSR count). The molecule has 1 heterocycles. The number of benzene rings is 1. The van der Waals surface area contributed by atoms with Crippen molar-refractivity contribution in [1.82, 2.24) is 0 Å². The second kappa shape index (κ2) is 6.11. The molecule has 0 radical (unpaired) electrons. The lowest BCUT2D eigenvalue weighted by atomic mass is 9.94. The minimum Gasteiger partial charge on any atom is -0.493 e. The zero-order valence-corrected chi connectivity index (χ0v) is 13.1. The molecule has 6 nitrogen and oxygen atoms in total. The van der Waals surface area contributed by atoms with E-state index in [-0.39, 0.29) is 17.4 Å². The Kier molecular flexibility index (Phi) is 4.63. The summed E-state index contributed by atoms with van der Waals surface area (Å²) in [5.74, 6) is 1.02. The van der Waals surface area contributed by atoms with Crippen molar-refractivity contribution in [3.8, 4) is 17.2 Å². The second-order valence-corrected chi connectivity index (χ2v) is 7.26. The third kappa shape index (κ3) is 3.08. The van der Waals surface area contributed by atoms with Crippen LogP contribution in [0.5, 0.6) is 17.2 Å². The quantitative estimate of drug-likeness (QED) is 0.878. The lowest BCUT2D eigenvalue weighted by molar-refractivity contribution is 0.117. The molecule has 0 aromatic heterocycles. The van der Waals surface area contributed by atoms with Crippen LogP contribution in [-0.2, 0) is 9.84 Å². The summed E-state index contributed by atoms with van der Waals surface area (Å²) in [6, 6.07) is 3.35. The van der Waals surface area contributed by atoms with Crippen LogP contribution in [0.3, 0.4) is 0 Å². The Bertz CT molecular complexity index is 610. The molecule has 1 N–H and O–H groups in total. The molecule has 1 aliphatic rings. The largest absolute Gasteiger partial charge is 0.493 e. The van der Waals surface area contributed by atoms with Crippen molar-refractivity contribution in [3.63, 3.8) is 0 Å². The van der Waals surface area contributed by atoms with E-state index >= 15 is 0 Å². The van der Waals surface area contributed by atoms with Crippen LogP contribution in [0.15, 0.2) is 12.1 Å². The van der Waals surface area contributed by atoms with E-state index in [9.17, 15) is 13.5 Å². The number of aliphatic hydroxyl groups is 1. The minimum absolute atomic E-state index is 0.00827. The molecule has 1 saturated heterocycles. The van der Waals surface area contributed by atoms with Gasteiger partial charge in [-0.3, -0.25) is 0 Å². The van der Waals surface area contributed by atoms with Crippen molar-refractivity contribution in [1.29, 1.82) is 0 Å². The van der Waals surface area contributed by atoms with Gasteiger partial charge in [0.25, 0.3) is 0 Å². The highest BCUT2D eigenvalue weighted by atomic mass is 32.2. The minimum atomic E-state index is -3.05. The van der Waals surface area contributed by atoms with Crippen molar-refractivity contribution in [2.75, 3.05) is 32.8 Å². The summed E-state index contributed by atoms with van der Waals surface area (Å²) in [5, 5.41) is 10.5. The van der Waals surface area contributed by atoms with E-state index in [0.717, 1.165) is 0 Å². The van der Waals surface area contributed by atoms with Crippen LogP contribution in [0.1, 0.15) is 18.1 Å². The molecule has 21 heavy (non-hydrogen) atoms. The van der Waals surface area contributed by atoms with Crippen LogP contribution in [0.2, 0.25) is 0 Å². The first-order chi connectivity index (χ1) is 9.93. The molecule has 0 spiro atoms. The van der Waals surface area contributed by atoms with Gasteiger partial charge < -0.3 is 19.3 Å². The lowest BCUT2D eigenvalue weighted by Gasteiger charge is -2.22. The maximum absolute atomic E-state index is 11.6. The monoisotopic (exact) mass is 316 g/mol. The van der Waals surface area contributed by atoms with Crippen molar-refractivity contribution >= 4 is 9.84 Å². The fourth-order valence-electron chi connectivity index (χ4n) is 2.68. The molecule has 0 saturated carbocycles. The maximum Gasteiger partial charge on any atom is 0.203 e. The van der Waals surface area contributed by atoms with Gasteiger partial charge in [0.1, 0.15) is 0 Å². The lowest BCUT2D eigenvalue weighted by Crippen LogP contribution is -2.15. The number of sulfone groups is 1. The summed E-state index contributed by atoms with van der Waals surface area (Å²) in [5.41, 5.74) is 0.511. The van der Waals surface area contributed by atoms with Crippen LogP contribution >= 0.6 is 0 Å². The van der Waals surface area contributed by atoms with E-state index in [1.165, 1.54) is 21.3 Å². The first kappa shape index (κ1) is 15.9. The Morgan fingerprint density at radius 1 is 1.14 bits per heavy atom. The average Bonchev–Trinajstić information content (AvgIpc) is 2.84. The summed E-state index contributed by atoms with van der Waals surface area (Å²) >= 11 is 0. The first-order valence-electron chi connectivity index (χ1n) is 6.61. The Morgan fingerprint density at radius 2 is 1.81 bits per heavy atom. The van der Waals surface area contributed by atoms with E-state index in [0.29, 0.717) is 29.2 Å². The Labute approximate surface area is 124 Å². The highest BCUT2D eigenvalue weighted by molar-refractivity contribution is 7.91. The van der Waals surface area contributed by atoms with E-state index in [1.54, 1.807) is 12.1 Å². The summed E-state index contributed by atoms with van der Waals surface area (Å²) in [4.78, 5) is 0. The van der Waals surface area contributed by atoms with Gasteiger partial charge in [0.15, 0.2) is 21.3 Å². The van der Waals surface area contributed by atoms with Crippen LogP contribution in [0, 0.1) is 5.92 Å². The zero-order chi connectivity index (χ0) is 15.6. The van der Waals surface area contributed by atoms with Crippen molar-refractivity contribution < 1.29 is 27.7 Å². The van der Waals surface area contributed by atoms with E-state index in [1.807, 2.05) is 0 Å². The van der Waals surface area contributed by atoms with E-state index < -0.39 is 15.9 Å². The van der Waals surface area contributed by atoms with Gasteiger partial charge in [-0.1, -0.05) is 0 Å². The van der Waals surface area contributed by atoms with Crippen molar-refractivity contribution in [2.45, 2.75) is 12.5 Å². The van der Waals surface area contributed by atoms with Gasteiger partial charge in [-0.15, -0.1) is 0 Å². The van der Waals surface area contributed by atoms with E-state index in [2.05, 4.69) is 0 Å².